The van der Waals surface area contributed by atoms with Crippen LogP contribution in [0.15, 0.2) is 48.7 Å². The highest BCUT2D eigenvalue weighted by molar-refractivity contribution is 7.80. The Kier molecular flexibility index (Phi) is 5.91. The van der Waals surface area contributed by atoms with Crippen LogP contribution in [-0.2, 0) is 13.6 Å². The number of hydrogen-bond donors (Lipinski definition) is 1. The summed E-state index contributed by atoms with van der Waals surface area (Å²) in [4.78, 5) is 2.44. The fourth-order valence-corrected chi connectivity index (χ4v) is 4.96. The van der Waals surface area contributed by atoms with Crippen molar-refractivity contribution in [2.24, 2.45) is 7.05 Å². The summed E-state index contributed by atoms with van der Waals surface area (Å²) >= 11 is 5.97. The minimum absolute atomic E-state index is 0.508. The normalized spacial score (nSPS) is 14.9. The molecule has 0 radical (unpaired) electrons. The molecule has 1 aliphatic rings. The molecule has 1 N–H and O–H groups in total. The number of rotatable bonds is 4. The van der Waals surface area contributed by atoms with E-state index in [-0.39, 0.29) is 0 Å². The van der Waals surface area contributed by atoms with Crippen molar-refractivity contribution in [3.63, 3.8) is 0 Å². The predicted octanol–water partition coefficient (Wildman–Crippen LogP) is 6.33. The Morgan fingerprint density at radius 1 is 1.10 bits per heavy atom. The summed E-state index contributed by atoms with van der Waals surface area (Å²) < 4.78 is 2.23. The molecule has 4 rings (SSSR count). The van der Waals surface area contributed by atoms with Crippen LogP contribution in [-0.4, -0.2) is 20.6 Å². The van der Waals surface area contributed by atoms with Crippen LogP contribution < -0.4 is 5.32 Å². The summed E-state index contributed by atoms with van der Waals surface area (Å²) in [5.74, 6) is 0. The second-order valence-corrected chi connectivity index (χ2v) is 8.84. The maximum Gasteiger partial charge on any atom is 0.173 e. The SMILES string of the molecule is Cc1ccc(NC(=S)N(Cc2cn(C)c3ccccc23)C2CCCCC2)c(C)c1. The van der Waals surface area contributed by atoms with E-state index in [9.17, 15) is 0 Å². The Hall–Kier alpha value is -2.33. The van der Waals surface area contributed by atoms with Gasteiger partial charge in [0.05, 0.1) is 0 Å². The van der Waals surface area contributed by atoms with Crippen molar-refractivity contribution in [3.05, 3.63) is 65.4 Å². The van der Waals surface area contributed by atoms with Gasteiger partial charge in [0.1, 0.15) is 0 Å². The average molecular weight is 406 g/mol. The van der Waals surface area contributed by atoms with E-state index in [4.69, 9.17) is 12.2 Å². The van der Waals surface area contributed by atoms with Crippen LogP contribution >= 0.6 is 12.2 Å². The zero-order valence-corrected chi connectivity index (χ0v) is 18.6. The topological polar surface area (TPSA) is 20.2 Å². The lowest BCUT2D eigenvalue weighted by Gasteiger charge is -2.36. The van der Waals surface area contributed by atoms with E-state index in [1.165, 1.54) is 59.7 Å². The molecule has 0 aliphatic heterocycles. The molecule has 1 aliphatic carbocycles. The van der Waals surface area contributed by atoms with Crippen LogP contribution in [0.1, 0.15) is 48.8 Å². The maximum atomic E-state index is 5.97. The molecule has 0 bridgehead atoms. The first kappa shape index (κ1) is 20.0. The molecule has 4 heteroatoms. The van der Waals surface area contributed by atoms with Crippen molar-refractivity contribution in [2.45, 2.75) is 58.5 Å². The first-order valence-electron chi connectivity index (χ1n) is 10.7. The molecule has 3 nitrogen and oxygen atoms in total. The van der Waals surface area contributed by atoms with Crippen molar-refractivity contribution in [1.82, 2.24) is 9.47 Å². The third-order valence-corrected chi connectivity index (χ3v) is 6.56. The molecule has 1 aromatic heterocycles. The van der Waals surface area contributed by atoms with Gasteiger partial charge >= 0.3 is 0 Å². The zero-order valence-electron chi connectivity index (χ0n) is 17.7. The Labute approximate surface area is 179 Å². The van der Waals surface area contributed by atoms with Crippen molar-refractivity contribution >= 4 is 33.9 Å². The quantitative estimate of drug-likeness (QED) is 0.512. The summed E-state index contributed by atoms with van der Waals surface area (Å²) in [6.45, 7) is 5.13. The summed E-state index contributed by atoms with van der Waals surface area (Å²) in [7, 11) is 2.13. The predicted molar refractivity (Wildman–Crippen MR) is 127 cm³/mol. The summed E-state index contributed by atoms with van der Waals surface area (Å²) in [6.07, 6.45) is 8.64. The maximum absolute atomic E-state index is 5.97. The minimum atomic E-state index is 0.508. The van der Waals surface area contributed by atoms with Gasteiger partial charge in [-0.3, -0.25) is 0 Å². The molecular formula is C25H31N3S. The molecule has 0 spiro atoms. The van der Waals surface area contributed by atoms with Gasteiger partial charge in [-0.1, -0.05) is 55.2 Å². The van der Waals surface area contributed by atoms with Crippen LogP contribution in [0.2, 0.25) is 0 Å². The number of nitrogens with zero attached hydrogens (tertiary/aromatic N) is 2. The summed E-state index contributed by atoms with van der Waals surface area (Å²) in [6, 6.07) is 15.7. The van der Waals surface area contributed by atoms with E-state index in [1.807, 2.05) is 0 Å². The van der Waals surface area contributed by atoms with Crippen LogP contribution in [0.25, 0.3) is 10.9 Å². The van der Waals surface area contributed by atoms with E-state index in [2.05, 4.69) is 84.3 Å². The van der Waals surface area contributed by atoms with E-state index in [1.54, 1.807) is 0 Å². The molecule has 0 saturated heterocycles. The average Bonchev–Trinajstić information content (AvgIpc) is 3.04. The van der Waals surface area contributed by atoms with E-state index in [0.29, 0.717) is 6.04 Å². The Balaban J connectivity index is 1.63. The highest BCUT2D eigenvalue weighted by Crippen LogP contribution is 2.28. The number of hydrogen-bond acceptors (Lipinski definition) is 1. The van der Waals surface area contributed by atoms with Crippen LogP contribution in [0.3, 0.4) is 0 Å². The molecule has 2 aromatic carbocycles. The number of para-hydroxylation sites is 1. The fraction of sp³-hybridized carbons (Fsp3) is 0.400. The third-order valence-electron chi connectivity index (χ3n) is 6.22. The molecular weight excluding hydrogens is 374 g/mol. The first-order valence-corrected chi connectivity index (χ1v) is 11.1. The van der Waals surface area contributed by atoms with Gasteiger partial charge in [-0.15, -0.1) is 0 Å². The van der Waals surface area contributed by atoms with Gasteiger partial charge in [0, 0.05) is 42.4 Å². The van der Waals surface area contributed by atoms with Crippen molar-refractivity contribution in [2.75, 3.05) is 5.32 Å². The van der Waals surface area contributed by atoms with Crippen LogP contribution in [0.4, 0.5) is 5.69 Å². The molecule has 29 heavy (non-hydrogen) atoms. The number of nitrogens with one attached hydrogen (secondary N) is 1. The van der Waals surface area contributed by atoms with Gasteiger partial charge < -0.3 is 14.8 Å². The second-order valence-electron chi connectivity index (χ2n) is 8.45. The van der Waals surface area contributed by atoms with Crippen molar-refractivity contribution < 1.29 is 0 Å². The van der Waals surface area contributed by atoms with Gasteiger partial charge in [0.25, 0.3) is 0 Å². The summed E-state index contributed by atoms with van der Waals surface area (Å²) in [5, 5.41) is 5.73. The number of aromatic nitrogens is 1. The van der Waals surface area contributed by atoms with Gasteiger partial charge in [-0.05, 0) is 62.2 Å². The molecule has 152 valence electrons. The lowest BCUT2D eigenvalue weighted by molar-refractivity contribution is 0.241. The number of fused-ring (bicyclic) bond motifs is 1. The molecule has 0 amide bonds. The summed E-state index contributed by atoms with van der Waals surface area (Å²) in [5.41, 5.74) is 6.25. The third kappa shape index (κ3) is 4.32. The monoisotopic (exact) mass is 405 g/mol. The largest absolute Gasteiger partial charge is 0.350 e. The molecule has 1 heterocycles. The van der Waals surface area contributed by atoms with Crippen molar-refractivity contribution in [3.8, 4) is 0 Å². The number of thiocarbonyl (C=S) groups is 1. The molecule has 3 aromatic rings. The highest BCUT2D eigenvalue weighted by atomic mass is 32.1. The van der Waals surface area contributed by atoms with Crippen molar-refractivity contribution in [1.29, 1.82) is 0 Å². The lowest BCUT2D eigenvalue weighted by atomic mass is 9.94. The highest BCUT2D eigenvalue weighted by Gasteiger charge is 2.25. The van der Waals surface area contributed by atoms with Gasteiger partial charge in [0.2, 0.25) is 0 Å². The fourth-order valence-electron chi connectivity index (χ4n) is 4.64. The smallest absolute Gasteiger partial charge is 0.173 e. The zero-order chi connectivity index (χ0) is 20.4. The Morgan fingerprint density at radius 2 is 1.86 bits per heavy atom. The molecule has 0 atom stereocenters. The number of aryl methyl sites for hydroxylation is 3. The van der Waals surface area contributed by atoms with E-state index < -0.39 is 0 Å². The Morgan fingerprint density at radius 3 is 2.62 bits per heavy atom. The van der Waals surface area contributed by atoms with Crippen LogP contribution in [0, 0.1) is 13.8 Å². The first-order chi connectivity index (χ1) is 14.0. The molecule has 0 unspecified atom stereocenters. The molecule has 1 saturated carbocycles. The molecule has 1 fully saturated rings. The standard InChI is InChI=1S/C25H31N3S/c1-18-13-14-23(19(2)15-18)26-25(29)28(21-9-5-4-6-10-21)17-20-16-27(3)24-12-8-7-11-22(20)24/h7-8,11-16,21H,4-6,9-10,17H2,1-3H3,(H,26,29). The number of anilines is 1. The van der Waals surface area contributed by atoms with Gasteiger partial charge in [-0.2, -0.15) is 0 Å². The van der Waals surface area contributed by atoms with Crippen LogP contribution in [0.5, 0.6) is 0 Å². The van der Waals surface area contributed by atoms with Gasteiger partial charge in [-0.25, -0.2) is 0 Å². The minimum Gasteiger partial charge on any atom is -0.350 e. The lowest BCUT2D eigenvalue weighted by Crippen LogP contribution is -2.43. The van der Waals surface area contributed by atoms with E-state index >= 15 is 0 Å². The van der Waals surface area contributed by atoms with E-state index in [0.717, 1.165) is 17.3 Å². The number of benzene rings is 2. The van der Waals surface area contributed by atoms with Gasteiger partial charge in [0.15, 0.2) is 5.11 Å². The second kappa shape index (κ2) is 8.58. The Bertz CT molecular complexity index is 1010.